The molecule has 0 aliphatic carbocycles. The first-order valence-electron chi connectivity index (χ1n) is 11.1. The summed E-state index contributed by atoms with van der Waals surface area (Å²) >= 11 is 6.80. The van der Waals surface area contributed by atoms with Gasteiger partial charge in [-0.05, 0) is 66.2 Å². The highest BCUT2D eigenvalue weighted by Gasteiger charge is 2.36. The van der Waals surface area contributed by atoms with E-state index in [-0.39, 0.29) is 34.6 Å². The normalized spacial score (nSPS) is 14.3. The number of para-hydroxylation sites is 1. The average molecular weight is 541 g/mol. The van der Waals surface area contributed by atoms with E-state index in [1.54, 1.807) is 24.3 Å². The zero-order valence-electron chi connectivity index (χ0n) is 19.9. The van der Waals surface area contributed by atoms with Crippen LogP contribution >= 0.6 is 23.4 Å². The monoisotopic (exact) mass is 540 g/mol. The number of halogens is 2. The molecule has 4 rings (SSSR count). The fraction of sp³-hybridized carbons (Fsp3) is 0.148. The van der Waals surface area contributed by atoms with Crippen molar-refractivity contribution >= 4 is 52.2 Å². The Labute approximate surface area is 222 Å². The van der Waals surface area contributed by atoms with Gasteiger partial charge < -0.3 is 14.8 Å². The third kappa shape index (κ3) is 6.12. The summed E-state index contributed by atoms with van der Waals surface area (Å²) in [7, 11) is 1.45. The van der Waals surface area contributed by atoms with Crippen molar-refractivity contribution in [2.75, 3.05) is 19.0 Å². The second-order valence-electron chi connectivity index (χ2n) is 8.03. The quantitative estimate of drug-likeness (QED) is 0.350. The number of carbonyl (C=O) groups excluding carboxylic acids is 3. The number of nitrogens with one attached hydrogen (secondary N) is 1. The number of methoxy groups -OCH3 is 1. The average Bonchev–Trinajstić information content (AvgIpc) is 3.13. The number of carbonyl (C=O) groups is 3. The Hall–Kier alpha value is -3.82. The lowest BCUT2D eigenvalue weighted by molar-refractivity contribution is -0.123. The summed E-state index contributed by atoms with van der Waals surface area (Å²) < 4.78 is 25.2. The molecule has 3 aromatic carbocycles. The Kier molecular flexibility index (Phi) is 8.15. The van der Waals surface area contributed by atoms with E-state index in [1.165, 1.54) is 31.4 Å². The van der Waals surface area contributed by atoms with E-state index in [1.807, 2.05) is 25.1 Å². The van der Waals surface area contributed by atoms with Crippen molar-refractivity contribution in [3.8, 4) is 11.5 Å². The van der Waals surface area contributed by atoms with Crippen LogP contribution in [-0.2, 0) is 16.1 Å². The number of aryl methyl sites for hydroxylation is 1. The maximum Gasteiger partial charge on any atom is 0.293 e. The predicted octanol–water partition coefficient (Wildman–Crippen LogP) is 6.05. The van der Waals surface area contributed by atoms with E-state index in [0.29, 0.717) is 22.7 Å². The van der Waals surface area contributed by atoms with Crippen molar-refractivity contribution in [3.63, 3.8) is 0 Å². The molecule has 1 heterocycles. The molecule has 0 bridgehead atoms. The second kappa shape index (κ2) is 11.5. The summed E-state index contributed by atoms with van der Waals surface area (Å²) in [4.78, 5) is 38.8. The van der Waals surface area contributed by atoms with Crippen molar-refractivity contribution in [2.24, 2.45) is 0 Å². The fourth-order valence-corrected chi connectivity index (χ4v) is 4.63. The van der Waals surface area contributed by atoms with Crippen LogP contribution in [0.3, 0.4) is 0 Å². The summed E-state index contributed by atoms with van der Waals surface area (Å²) in [5.41, 5.74) is 2.27. The van der Waals surface area contributed by atoms with Crippen molar-refractivity contribution in [2.45, 2.75) is 13.5 Å². The number of amides is 3. The van der Waals surface area contributed by atoms with Crippen molar-refractivity contribution < 1.29 is 28.2 Å². The van der Waals surface area contributed by atoms with Gasteiger partial charge in [-0.25, -0.2) is 4.39 Å². The van der Waals surface area contributed by atoms with E-state index in [2.05, 4.69) is 5.32 Å². The smallest absolute Gasteiger partial charge is 0.293 e. The van der Waals surface area contributed by atoms with Crippen LogP contribution in [0.25, 0.3) is 6.08 Å². The number of anilines is 1. The van der Waals surface area contributed by atoms with Crippen LogP contribution in [0.4, 0.5) is 14.9 Å². The lowest BCUT2D eigenvalue weighted by atomic mass is 10.1. The van der Waals surface area contributed by atoms with Gasteiger partial charge in [-0.1, -0.05) is 41.9 Å². The number of thioether (sulfide) groups is 1. The van der Waals surface area contributed by atoms with Gasteiger partial charge in [0.15, 0.2) is 18.1 Å². The predicted molar refractivity (Wildman–Crippen MR) is 141 cm³/mol. The molecule has 10 heteroatoms. The summed E-state index contributed by atoms with van der Waals surface area (Å²) in [6, 6.07) is 16.5. The van der Waals surface area contributed by atoms with E-state index >= 15 is 0 Å². The Morgan fingerprint density at radius 3 is 2.62 bits per heavy atom. The van der Waals surface area contributed by atoms with Gasteiger partial charge in [0.2, 0.25) is 0 Å². The molecule has 3 amide bonds. The maximum absolute atomic E-state index is 14.2. The van der Waals surface area contributed by atoms with Gasteiger partial charge in [-0.15, -0.1) is 0 Å². The van der Waals surface area contributed by atoms with E-state index in [4.69, 9.17) is 21.1 Å². The lowest BCUT2D eigenvalue weighted by Gasteiger charge is -2.14. The first kappa shape index (κ1) is 26.2. The Morgan fingerprint density at radius 1 is 1.11 bits per heavy atom. The van der Waals surface area contributed by atoms with E-state index < -0.39 is 17.0 Å². The zero-order chi connectivity index (χ0) is 26.5. The van der Waals surface area contributed by atoms with Crippen molar-refractivity contribution in [1.82, 2.24) is 4.90 Å². The Balaban J connectivity index is 1.44. The highest BCUT2D eigenvalue weighted by Crippen LogP contribution is 2.36. The molecule has 0 atom stereocenters. The number of hydrogen-bond acceptors (Lipinski definition) is 6. The van der Waals surface area contributed by atoms with Crippen molar-refractivity contribution in [3.05, 3.63) is 93.1 Å². The van der Waals surface area contributed by atoms with Crippen LogP contribution in [-0.4, -0.2) is 35.7 Å². The number of nitrogens with zero attached hydrogens (tertiary/aromatic N) is 1. The number of ether oxygens (including phenoxy) is 2. The molecule has 0 aromatic heterocycles. The largest absolute Gasteiger partial charge is 0.493 e. The van der Waals surface area contributed by atoms with Gasteiger partial charge >= 0.3 is 0 Å². The van der Waals surface area contributed by atoms with Crippen LogP contribution < -0.4 is 14.8 Å². The highest BCUT2D eigenvalue weighted by atomic mass is 35.5. The minimum Gasteiger partial charge on any atom is -0.493 e. The minimum atomic E-state index is -0.594. The molecule has 1 N–H and O–H groups in total. The fourth-order valence-electron chi connectivity index (χ4n) is 3.57. The highest BCUT2D eigenvalue weighted by molar-refractivity contribution is 8.18. The lowest BCUT2D eigenvalue weighted by Crippen LogP contribution is -2.28. The molecule has 7 nitrogen and oxygen atoms in total. The molecular weight excluding hydrogens is 519 g/mol. The van der Waals surface area contributed by atoms with Gasteiger partial charge in [0.1, 0.15) is 5.82 Å². The van der Waals surface area contributed by atoms with Crippen LogP contribution in [0.15, 0.2) is 65.6 Å². The van der Waals surface area contributed by atoms with Gasteiger partial charge in [-0.3, -0.25) is 19.3 Å². The number of hydrogen-bond donors (Lipinski definition) is 1. The topological polar surface area (TPSA) is 84.9 Å². The zero-order valence-corrected chi connectivity index (χ0v) is 21.5. The van der Waals surface area contributed by atoms with Gasteiger partial charge in [0.05, 0.1) is 18.6 Å². The van der Waals surface area contributed by atoms with Gasteiger partial charge in [0.25, 0.3) is 17.1 Å². The summed E-state index contributed by atoms with van der Waals surface area (Å²) in [5.74, 6) is -0.800. The summed E-state index contributed by atoms with van der Waals surface area (Å²) in [6.07, 6.45) is 1.53. The Bertz CT molecular complexity index is 1390. The molecule has 1 aliphatic heterocycles. The third-order valence-corrected chi connectivity index (χ3v) is 6.78. The van der Waals surface area contributed by atoms with Crippen LogP contribution in [0.5, 0.6) is 11.5 Å². The first-order chi connectivity index (χ1) is 17.8. The Morgan fingerprint density at radius 2 is 1.89 bits per heavy atom. The number of benzene rings is 3. The molecule has 3 aromatic rings. The van der Waals surface area contributed by atoms with Crippen LogP contribution in [0, 0.1) is 12.7 Å². The standard InChI is InChI=1S/C27H22ClFN2O5S/c1-16-6-3-4-9-21(16)30-25(32)15-36-22-11-10-17(12-23(22)35-2)13-24-26(33)31(27(34)37-24)14-18-19(28)7-5-8-20(18)29/h3-13H,14-15H2,1-2H3,(H,30,32)/b24-13-. The molecule has 1 aliphatic rings. The van der Waals surface area contributed by atoms with Crippen molar-refractivity contribution in [1.29, 1.82) is 0 Å². The first-order valence-corrected chi connectivity index (χ1v) is 12.3. The minimum absolute atomic E-state index is 0.0716. The van der Waals surface area contributed by atoms with Gasteiger partial charge in [0, 0.05) is 16.3 Å². The molecule has 1 fully saturated rings. The summed E-state index contributed by atoms with van der Waals surface area (Å²) in [6.45, 7) is 1.39. The van der Waals surface area contributed by atoms with E-state index in [9.17, 15) is 18.8 Å². The second-order valence-corrected chi connectivity index (χ2v) is 9.43. The molecule has 0 radical (unpaired) electrons. The number of rotatable bonds is 8. The molecule has 37 heavy (non-hydrogen) atoms. The van der Waals surface area contributed by atoms with Crippen LogP contribution in [0.2, 0.25) is 5.02 Å². The van der Waals surface area contributed by atoms with Gasteiger partial charge in [-0.2, -0.15) is 0 Å². The van der Waals surface area contributed by atoms with Crippen LogP contribution in [0.1, 0.15) is 16.7 Å². The molecule has 0 saturated carbocycles. The molecule has 0 unspecified atom stereocenters. The molecule has 190 valence electrons. The SMILES string of the molecule is COc1cc(/C=C2\SC(=O)N(Cc3c(F)cccc3Cl)C2=O)ccc1OCC(=O)Nc1ccccc1C. The summed E-state index contributed by atoms with van der Waals surface area (Å²) in [5, 5.41) is 2.40. The molecule has 1 saturated heterocycles. The third-order valence-electron chi connectivity index (χ3n) is 5.51. The van der Waals surface area contributed by atoms with E-state index in [0.717, 1.165) is 22.2 Å². The molecular formula is C27H22ClFN2O5S. The number of imide groups is 1. The molecule has 0 spiro atoms. The maximum atomic E-state index is 14.2.